The lowest BCUT2D eigenvalue weighted by molar-refractivity contribution is 0.0575. The summed E-state index contributed by atoms with van der Waals surface area (Å²) in [4.78, 5) is 14.6. The van der Waals surface area contributed by atoms with Gasteiger partial charge in [-0.15, -0.1) is 0 Å². The quantitative estimate of drug-likeness (QED) is 0.914. The highest BCUT2D eigenvalue weighted by atomic mass is 79.9. The molecule has 0 aromatic heterocycles. The van der Waals surface area contributed by atoms with Crippen LogP contribution in [0.25, 0.3) is 0 Å². The summed E-state index contributed by atoms with van der Waals surface area (Å²) in [5.41, 5.74) is 0.529. The van der Waals surface area contributed by atoms with Crippen LogP contribution in [-0.4, -0.2) is 36.0 Å². The number of halogens is 2. The smallest absolute Gasteiger partial charge is 0.255 e. The van der Waals surface area contributed by atoms with Crippen molar-refractivity contribution in [3.8, 4) is 0 Å². The van der Waals surface area contributed by atoms with Crippen LogP contribution < -0.4 is 5.32 Å². The number of nitrogens with zero attached hydrogens (tertiary/aromatic N) is 1. The molecule has 1 aliphatic rings. The fraction of sp³-hybridized carbons (Fsp3) is 0.533. The number of benzene rings is 1. The van der Waals surface area contributed by atoms with Crippen LogP contribution in [0.4, 0.5) is 4.39 Å². The van der Waals surface area contributed by atoms with Crippen molar-refractivity contribution in [1.82, 2.24) is 10.2 Å². The van der Waals surface area contributed by atoms with Crippen LogP contribution in [0.3, 0.4) is 0 Å². The van der Waals surface area contributed by atoms with Crippen LogP contribution in [0.15, 0.2) is 22.7 Å². The molecule has 0 radical (unpaired) electrons. The molecular formula is C15H20BrFN2O. The summed E-state index contributed by atoms with van der Waals surface area (Å²) in [6.45, 7) is 5.72. The zero-order chi connectivity index (χ0) is 14.7. The lowest BCUT2D eigenvalue weighted by Gasteiger charge is -2.40. The molecule has 1 heterocycles. The summed E-state index contributed by atoms with van der Waals surface area (Å²) in [5.74, 6) is -0.365. The molecule has 0 saturated carbocycles. The fourth-order valence-corrected chi connectivity index (χ4v) is 3.09. The minimum atomic E-state index is -0.341. The van der Waals surface area contributed by atoms with E-state index in [4.69, 9.17) is 0 Å². The van der Waals surface area contributed by atoms with Crippen molar-refractivity contribution >= 4 is 21.8 Å². The van der Waals surface area contributed by atoms with E-state index in [1.807, 2.05) is 4.90 Å². The molecule has 3 nitrogen and oxygen atoms in total. The highest BCUT2D eigenvalue weighted by Gasteiger charge is 2.30. The van der Waals surface area contributed by atoms with Gasteiger partial charge in [0.25, 0.3) is 5.91 Å². The fourth-order valence-electron chi connectivity index (χ4n) is 2.57. The van der Waals surface area contributed by atoms with Gasteiger partial charge in [-0.1, -0.05) is 13.8 Å². The molecule has 1 aromatic rings. The average molecular weight is 343 g/mol. The van der Waals surface area contributed by atoms with Crippen LogP contribution in [-0.2, 0) is 0 Å². The molecule has 20 heavy (non-hydrogen) atoms. The Morgan fingerprint density at radius 3 is 2.80 bits per heavy atom. The minimum Gasteiger partial charge on any atom is -0.333 e. The third kappa shape index (κ3) is 3.20. The third-order valence-electron chi connectivity index (χ3n) is 3.89. The molecule has 1 aromatic carbocycles. The Bertz CT molecular complexity index is 495. The second-order valence-corrected chi connectivity index (χ2v) is 6.01. The molecule has 1 aliphatic heterocycles. The van der Waals surface area contributed by atoms with E-state index >= 15 is 0 Å². The van der Waals surface area contributed by atoms with E-state index < -0.39 is 0 Å². The van der Waals surface area contributed by atoms with Gasteiger partial charge in [0.2, 0.25) is 0 Å². The van der Waals surface area contributed by atoms with Gasteiger partial charge in [-0.05, 0) is 47.0 Å². The van der Waals surface area contributed by atoms with E-state index in [1.54, 1.807) is 6.07 Å². The Hall–Kier alpha value is -0.940. The predicted octanol–water partition coefficient (Wildman–Crippen LogP) is 3.19. The van der Waals surface area contributed by atoms with Crippen molar-refractivity contribution in [2.24, 2.45) is 0 Å². The van der Waals surface area contributed by atoms with E-state index in [2.05, 4.69) is 35.1 Å². The van der Waals surface area contributed by atoms with Crippen LogP contribution in [0.1, 0.15) is 37.0 Å². The summed E-state index contributed by atoms with van der Waals surface area (Å²) in [7, 11) is 0. The molecule has 1 amide bonds. The van der Waals surface area contributed by atoms with E-state index in [-0.39, 0.29) is 17.8 Å². The largest absolute Gasteiger partial charge is 0.333 e. The van der Waals surface area contributed by atoms with E-state index in [0.29, 0.717) is 22.6 Å². The number of amides is 1. The van der Waals surface area contributed by atoms with Crippen molar-refractivity contribution in [3.63, 3.8) is 0 Å². The maximum atomic E-state index is 13.1. The molecule has 0 spiro atoms. The van der Waals surface area contributed by atoms with Crippen LogP contribution >= 0.6 is 15.9 Å². The van der Waals surface area contributed by atoms with Gasteiger partial charge in [-0.2, -0.15) is 0 Å². The molecule has 1 fully saturated rings. The number of nitrogens with one attached hydrogen (secondary N) is 1. The van der Waals surface area contributed by atoms with Gasteiger partial charge in [0, 0.05) is 29.6 Å². The summed E-state index contributed by atoms with van der Waals surface area (Å²) in [5, 5.41) is 3.46. The van der Waals surface area contributed by atoms with Gasteiger partial charge in [0.05, 0.1) is 5.56 Å². The molecule has 2 rings (SSSR count). The number of carbonyl (C=O) groups is 1. The highest BCUT2D eigenvalue weighted by molar-refractivity contribution is 9.10. The number of piperazine rings is 1. The Kier molecular flexibility index (Phi) is 5.16. The molecule has 110 valence electrons. The predicted molar refractivity (Wildman–Crippen MR) is 81.3 cm³/mol. The topological polar surface area (TPSA) is 32.3 Å². The molecule has 1 saturated heterocycles. The molecule has 2 unspecified atom stereocenters. The number of hydrogen-bond donors (Lipinski definition) is 1. The van der Waals surface area contributed by atoms with Crippen LogP contribution in [0.5, 0.6) is 0 Å². The number of carbonyl (C=O) groups excluding carboxylic acids is 1. The van der Waals surface area contributed by atoms with Crippen LogP contribution in [0.2, 0.25) is 0 Å². The zero-order valence-electron chi connectivity index (χ0n) is 11.8. The first-order valence-corrected chi connectivity index (χ1v) is 7.85. The first-order valence-electron chi connectivity index (χ1n) is 7.06. The maximum absolute atomic E-state index is 13.1. The molecule has 5 heteroatoms. The maximum Gasteiger partial charge on any atom is 0.255 e. The normalized spacial score (nSPS) is 22.9. The SMILES string of the molecule is CCC1CN(C(=O)c2ccc(F)cc2Br)C(CC)CN1. The molecule has 0 bridgehead atoms. The minimum absolute atomic E-state index is 0.0244. The van der Waals surface area contributed by atoms with Crippen molar-refractivity contribution in [3.05, 3.63) is 34.1 Å². The highest BCUT2D eigenvalue weighted by Crippen LogP contribution is 2.23. The van der Waals surface area contributed by atoms with Gasteiger partial charge in [0.1, 0.15) is 5.82 Å². The third-order valence-corrected chi connectivity index (χ3v) is 4.54. The second kappa shape index (κ2) is 6.68. The van der Waals surface area contributed by atoms with Gasteiger partial charge in [-0.3, -0.25) is 4.79 Å². The Labute approximate surface area is 127 Å². The second-order valence-electron chi connectivity index (χ2n) is 5.16. The number of rotatable bonds is 3. The van der Waals surface area contributed by atoms with Crippen molar-refractivity contribution in [2.45, 2.75) is 38.8 Å². The first kappa shape index (κ1) is 15.4. The Morgan fingerprint density at radius 2 is 2.20 bits per heavy atom. The van der Waals surface area contributed by atoms with Gasteiger partial charge < -0.3 is 10.2 Å². The summed E-state index contributed by atoms with van der Waals surface area (Å²) < 4.78 is 13.7. The van der Waals surface area contributed by atoms with E-state index in [9.17, 15) is 9.18 Å². The summed E-state index contributed by atoms with van der Waals surface area (Å²) in [6.07, 6.45) is 1.90. The van der Waals surface area contributed by atoms with Gasteiger partial charge in [0.15, 0.2) is 0 Å². The Morgan fingerprint density at radius 1 is 1.45 bits per heavy atom. The lowest BCUT2D eigenvalue weighted by atomic mass is 10.0. The zero-order valence-corrected chi connectivity index (χ0v) is 13.4. The number of hydrogen-bond acceptors (Lipinski definition) is 2. The molecular weight excluding hydrogens is 323 g/mol. The van der Waals surface area contributed by atoms with E-state index in [0.717, 1.165) is 19.4 Å². The van der Waals surface area contributed by atoms with Crippen molar-refractivity contribution in [1.29, 1.82) is 0 Å². The average Bonchev–Trinajstić information content (AvgIpc) is 2.46. The van der Waals surface area contributed by atoms with Gasteiger partial charge in [-0.25, -0.2) is 4.39 Å². The van der Waals surface area contributed by atoms with Gasteiger partial charge >= 0.3 is 0 Å². The van der Waals surface area contributed by atoms with E-state index in [1.165, 1.54) is 12.1 Å². The standard InChI is InChI=1S/C15H20BrFN2O/c1-3-11-9-19(12(4-2)8-18-11)15(20)13-6-5-10(17)7-14(13)16/h5-7,11-12,18H,3-4,8-9H2,1-2H3. The first-order chi connectivity index (χ1) is 9.56. The lowest BCUT2D eigenvalue weighted by Crippen LogP contribution is -2.57. The molecule has 2 atom stereocenters. The van der Waals surface area contributed by atoms with Crippen LogP contribution in [0, 0.1) is 5.82 Å². The summed E-state index contributed by atoms with van der Waals surface area (Å²) in [6, 6.07) is 4.76. The molecule has 1 N–H and O–H groups in total. The van der Waals surface area contributed by atoms with Crippen molar-refractivity contribution < 1.29 is 9.18 Å². The van der Waals surface area contributed by atoms with Crippen molar-refractivity contribution in [2.75, 3.05) is 13.1 Å². The monoisotopic (exact) mass is 342 g/mol. The molecule has 0 aliphatic carbocycles. The summed E-state index contributed by atoms with van der Waals surface area (Å²) >= 11 is 3.29. The Balaban J connectivity index is 2.24.